The van der Waals surface area contributed by atoms with Crippen LogP contribution in [0, 0.1) is 6.92 Å². The van der Waals surface area contributed by atoms with Crippen LogP contribution in [0.1, 0.15) is 49.7 Å². The van der Waals surface area contributed by atoms with Crippen LogP contribution in [0.15, 0.2) is 59.5 Å². The van der Waals surface area contributed by atoms with Gasteiger partial charge in [-0.05, 0) is 63.4 Å². The highest BCUT2D eigenvalue weighted by Gasteiger charge is 2.35. The van der Waals surface area contributed by atoms with E-state index in [1.807, 2.05) is 13.0 Å². The number of amides is 2. The highest BCUT2D eigenvalue weighted by Crippen LogP contribution is 2.30. The molecular weight excluding hydrogens is 426 g/mol. The zero-order valence-electron chi connectivity index (χ0n) is 18.5. The Morgan fingerprint density at radius 2 is 1.59 bits per heavy atom. The maximum atomic E-state index is 12.4. The van der Waals surface area contributed by atoms with E-state index in [-0.39, 0.29) is 16.5 Å². The van der Waals surface area contributed by atoms with Crippen molar-refractivity contribution in [2.45, 2.75) is 61.9 Å². The SMILES string of the molecule is Cc1ccc(S(=O)(=O)O)cc1.O=C(NC1CCCC1)NC1(c2ccccc2)CCNCC1. The molecule has 0 bridgehead atoms. The smallest absolute Gasteiger partial charge is 0.315 e. The molecule has 32 heavy (non-hydrogen) atoms. The summed E-state index contributed by atoms with van der Waals surface area (Å²) in [5.41, 5.74) is 1.94. The van der Waals surface area contributed by atoms with E-state index in [2.05, 4.69) is 40.2 Å². The van der Waals surface area contributed by atoms with Crippen molar-refractivity contribution < 1.29 is 17.8 Å². The van der Waals surface area contributed by atoms with Crippen molar-refractivity contribution in [3.8, 4) is 0 Å². The number of nitrogens with one attached hydrogen (secondary N) is 3. The molecule has 2 amide bonds. The molecular formula is C24H33N3O4S. The van der Waals surface area contributed by atoms with Gasteiger partial charge in [-0.1, -0.05) is 60.9 Å². The lowest BCUT2D eigenvalue weighted by Gasteiger charge is -2.39. The summed E-state index contributed by atoms with van der Waals surface area (Å²) in [5.74, 6) is 0. The van der Waals surface area contributed by atoms with Crippen LogP contribution in [0.3, 0.4) is 0 Å². The number of piperidine rings is 1. The number of carbonyl (C=O) groups excluding carboxylic acids is 1. The minimum atomic E-state index is -4.02. The van der Waals surface area contributed by atoms with Crippen LogP contribution in [0.25, 0.3) is 0 Å². The molecule has 0 radical (unpaired) electrons. The second-order valence-corrected chi connectivity index (χ2v) is 9.99. The van der Waals surface area contributed by atoms with Crippen LogP contribution in [0.5, 0.6) is 0 Å². The molecule has 0 unspecified atom stereocenters. The molecule has 4 N–H and O–H groups in total. The Kier molecular flexibility index (Phi) is 8.28. The predicted molar refractivity (Wildman–Crippen MR) is 125 cm³/mol. The van der Waals surface area contributed by atoms with Crippen molar-refractivity contribution in [3.05, 3.63) is 65.7 Å². The van der Waals surface area contributed by atoms with E-state index in [0.29, 0.717) is 6.04 Å². The van der Waals surface area contributed by atoms with Gasteiger partial charge in [0.05, 0.1) is 10.4 Å². The van der Waals surface area contributed by atoms with Crippen molar-refractivity contribution in [2.75, 3.05) is 13.1 Å². The monoisotopic (exact) mass is 459 g/mol. The van der Waals surface area contributed by atoms with Crippen molar-refractivity contribution in [3.63, 3.8) is 0 Å². The second kappa shape index (κ2) is 10.9. The van der Waals surface area contributed by atoms with Gasteiger partial charge in [-0.25, -0.2) is 4.79 Å². The molecule has 4 rings (SSSR count). The van der Waals surface area contributed by atoms with Crippen molar-refractivity contribution >= 4 is 16.1 Å². The summed E-state index contributed by atoms with van der Waals surface area (Å²) in [6.07, 6.45) is 6.59. The molecule has 1 saturated carbocycles. The highest BCUT2D eigenvalue weighted by atomic mass is 32.2. The standard InChI is InChI=1S/C17H25N3O.C7H8O3S/c21-16(19-15-8-4-5-9-15)20-17(10-12-18-13-11-17)14-6-2-1-3-7-14;1-6-2-4-7(5-3-6)11(8,9)10/h1-3,6-7,15,18H,4-5,8-13H2,(H2,19,20,21);2-5H,1H3,(H,8,9,10). The van der Waals surface area contributed by atoms with Gasteiger partial charge >= 0.3 is 6.03 Å². The number of aryl methyl sites for hydroxylation is 1. The lowest BCUT2D eigenvalue weighted by atomic mass is 9.81. The third-order valence-corrected chi connectivity index (χ3v) is 7.01. The van der Waals surface area contributed by atoms with E-state index >= 15 is 0 Å². The Balaban J connectivity index is 0.000000222. The molecule has 0 aromatic heterocycles. The Morgan fingerprint density at radius 3 is 2.16 bits per heavy atom. The quantitative estimate of drug-likeness (QED) is 0.521. The van der Waals surface area contributed by atoms with Crippen LogP contribution >= 0.6 is 0 Å². The Morgan fingerprint density at radius 1 is 1.00 bits per heavy atom. The van der Waals surface area contributed by atoms with Crippen LogP contribution in [-0.2, 0) is 15.7 Å². The second-order valence-electron chi connectivity index (χ2n) is 8.57. The molecule has 2 aromatic carbocycles. The molecule has 174 valence electrons. The van der Waals surface area contributed by atoms with Gasteiger partial charge in [-0.15, -0.1) is 0 Å². The van der Waals surface area contributed by atoms with Crippen LogP contribution in [-0.4, -0.2) is 38.1 Å². The fourth-order valence-electron chi connectivity index (χ4n) is 4.32. The Labute approximate surface area is 190 Å². The number of rotatable bonds is 4. The molecule has 7 nitrogen and oxygen atoms in total. The van der Waals surface area contributed by atoms with Gasteiger partial charge in [-0.3, -0.25) is 4.55 Å². The minimum absolute atomic E-state index is 0.00680. The van der Waals surface area contributed by atoms with Crippen LogP contribution < -0.4 is 16.0 Å². The molecule has 1 aliphatic heterocycles. The first-order valence-corrected chi connectivity index (χ1v) is 12.6. The first-order valence-electron chi connectivity index (χ1n) is 11.2. The van der Waals surface area contributed by atoms with Crippen LogP contribution in [0.2, 0.25) is 0 Å². The summed E-state index contributed by atoms with van der Waals surface area (Å²) in [7, 11) is -4.02. The van der Waals surface area contributed by atoms with Crippen LogP contribution in [0.4, 0.5) is 4.79 Å². The average molecular weight is 460 g/mol. The van der Waals surface area contributed by atoms with Gasteiger partial charge in [0.1, 0.15) is 0 Å². The zero-order chi connectivity index (χ0) is 23.0. The van der Waals surface area contributed by atoms with E-state index in [9.17, 15) is 13.2 Å². The van der Waals surface area contributed by atoms with Gasteiger partial charge in [0.15, 0.2) is 0 Å². The maximum absolute atomic E-state index is 12.4. The molecule has 0 spiro atoms. The topological polar surface area (TPSA) is 108 Å². The molecule has 2 fully saturated rings. The fraction of sp³-hybridized carbons (Fsp3) is 0.458. The minimum Gasteiger partial charge on any atom is -0.335 e. The summed E-state index contributed by atoms with van der Waals surface area (Å²) < 4.78 is 29.6. The molecule has 8 heteroatoms. The van der Waals surface area contributed by atoms with Crippen molar-refractivity contribution in [1.29, 1.82) is 0 Å². The zero-order valence-corrected chi connectivity index (χ0v) is 19.3. The van der Waals surface area contributed by atoms with E-state index < -0.39 is 10.1 Å². The summed E-state index contributed by atoms with van der Waals surface area (Å²) in [5, 5.41) is 9.82. The molecule has 1 heterocycles. The molecule has 1 saturated heterocycles. The molecule has 0 atom stereocenters. The lowest BCUT2D eigenvalue weighted by Crippen LogP contribution is -2.55. The predicted octanol–water partition coefficient (Wildman–Crippen LogP) is 3.75. The summed E-state index contributed by atoms with van der Waals surface area (Å²) in [6, 6.07) is 16.7. The number of benzene rings is 2. The first-order chi connectivity index (χ1) is 15.3. The van der Waals surface area contributed by atoms with E-state index in [1.165, 1.54) is 30.5 Å². The van der Waals surface area contributed by atoms with E-state index in [0.717, 1.165) is 44.3 Å². The van der Waals surface area contributed by atoms with Gasteiger partial charge in [0, 0.05) is 6.04 Å². The normalized spacial score (nSPS) is 18.3. The Bertz CT molecular complexity index is 966. The van der Waals surface area contributed by atoms with Gasteiger partial charge < -0.3 is 16.0 Å². The van der Waals surface area contributed by atoms with Gasteiger partial charge in [-0.2, -0.15) is 8.42 Å². The van der Waals surface area contributed by atoms with Gasteiger partial charge in [0.2, 0.25) is 0 Å². The Hall–Kier alpha value is -2.42. The largest absolute Gasteiger partial charge is 0.335 e. The van der Waals surface area contributed by atoms with Gasteiger partial charge in [0.25, 0.3) is 10.1 Å². The summed E-state index contributed by atoms with van der Waals surface area (Å²) >= 11 is 0. The number of hydrogen-bond acceptors (Lipinski definition) is 4. The fourth-order valence-corrected chi connectivity index (χ4v) is 4.80. The first kappa shape index (κ1) is 24.2. The number of hydrogen-bond donors (Lipinski definition) is 4. The highest BCUT2D eigenvalue weighted by molar-refractivity contribution is 7.85. The molecule has 2 aromatic rings. The maximum Gasteiger partial charge on any atom is 0.315 e. The lowest BCUT2D eigenvalue weighted by molar-refractivity contribution is 0.204. The third-order valence-electron chi connectivity index (χ3n) is 6.15. The third kappa shape index (κ3) is 6.79. The molecule has 2 aliphatic rings. The average Bonchev–Trinajstić information content (AvgIpc) is 3.28. The van der Waals surface area contributed by atoms with Crippen molar-refractivity contribution in [1.82, 2.24) is 16.0 Å². The summed E-state index contributed by atoms with van der Waals surface area (Å²) in [6.45, 7) is 3.73. The van der Waals surface area contributed by atoms with E-state index in [4.69, 9.17) is 4.55 Å². The number of carbonyl (C=O) groups is 1. The summed E-state index contributed by atoms with van der Waals surface area (Å²) in [4.78, 5) is 12.3. The van der Waals surface area contributed by atoms with E-state index in [1.54, 1.807) is 12.1 Å². The molecule has 1 aliphatic carbocycles. The van der Waals surface area contributed by atoms with Crippen molar-refractivity contribution in [2.24, 2.45) is 0 Å². The number of urea groups is 1.